The quantitative estimate of drug-likeness (QED) is 0.878. The first-order valence-electron chi connectivity index (χ1n) is 9.33. The minimum Gasteiger partial charge on any atom is -0.388 e. The predicted molar refractivity (Wildman–Crippen MR) is 89.0 cm³/mol. The molecule has 3 aliphatic carbocycles. The summed E-state index contributed by atoms with van der Waals surface area (Å²) >= 11 is 0. The van der Waals surface area contributed by atoms with E-state index in [1.165, 1.54) is 25.7 Å². The first-order valence-corrected chi connectivity index (χ1v) is 9.33. The fraction of sp³-hybridized carbons (Fsp3) is 0.700. The van der Waals surface area contributed by atoms with Crippen LogP contribution >= 0.6 is 0 Å². The van der Waals surface area contributed by atoms with Crippen LogP contribution in [0.25, 0.3) is 0 Å². The minimum atomic E-state index is -0.329. The van der Waals surface area contributed by atoms with Gasteiger partial charge in [0.2, 0.25) is 0 Å². The summed E-state index contributed by atoms with van der Waals surface area (Å²) in [6.07, 6.45) is 7.73. The van der Waals surface area contributed by atoms with Crippen molar-refractivity contribution < 1.29 is 9.84 Å². The van der Waals surface area contributed by atoms with Gasteiger partial charge in [-0.25, -0.2) is 0 Å². The van der Waals surface area contributed by atoms with E-state index in [1.807, 2.05) is 18.2 Å². The maximum absolute atomic E-state index is 10.8. The van der Waals surface area contributed by atoms with E-state index >= 15 is 0 Å². The molecule has 1 aliphatic heterocycles. The Labute approximate surface area is 138 Å². The summed E-state index contributed by atoms with van der Waals surface area (Å²) in [5, 5.41) is 14.7. The highest BCUT2D eigenvalue weighted by Gasteiger charge is 2.66. The number of nitrogens with one attached hydrogen (secondary N) is 1. The molecule has 1 aromatic rings. The van der Waals surface area contributed by atoms with Gasteiger partial charge >= 0.3 is 0 Å². The third-order valence-corrected chi connectivity index (χ3v) is 7.30. The van der Waals surface area contributed by atoms with Crippen molar-refractivity contribution in [3.05, 3.63) is 35.9 Å². The van der Waals surface area contributed by atoms with Crippen LogP contribution in [0.15, 0.2) is 30.3 Å². The molecule has 4 fully saturated rings. The van der Waals surface area contributed by atoms with E-state index in [-0.39, 0.29) is 11.5 Å². The predicted octanol–water partition coefficient (Wildman–Crippen LogP) is 3.05. The lowest BCUT2D eigenvalue weighted by molar-refractivity contribution is -0.177. The first kappa shape index (κ1) is 14.4. The highest BCUT2D eigenvalue weighted by atomic mass is 16.5. The van der Waals surface area contributed by atoms with Gasteiger partial charge in [-0.1, -0.05) is 36.8 Å². The van der Waals surface area contributed by atoms with E-state index in [0.717, 1.165) is 37.5 Å². The lowest BCUT2D eigenvalue weighted by Crippen LogP contribution is -2.71. The molecular weight excluding hydrogens is 286 g/mol. The van der Waals surface area contributed by atoms with Crippen LogP contribution in [0.5, 0.6) is 0 Å². The van der Waals surface area contributed by atoms with Gasteiger partial charge in [0.25, 0.3) is 0 Å². The molecule has 0 amide bonds. The van der Waals surface area contributed by atoms with E-state index in [9.17, 15) is 5.11 Å². The van der Waals surface area contributed by atoms with Crippen LogP contribution in [0, 0.1) is 16.7 Å². The van der Waals surface area contributed by atoms with Gasteiger partial charge in [-0.05, 0) is 37.7 Å². The average molecular weight is 313 g/mol. The number of fused-ring (bicyclic) bond motifs is 2. The number of hydrogen-bond donors (Lipinski definition) is 2. The molecular formula is C20H27NO2. The maximum atomic E-state index is 10.8. The molecule has 1 aromatic carbocycles. The maximum Gasteiger partial charge on any atom is 0.0858 e. The molecule has 1 saturated heterocycles. The normalized spacial score (nSPS) is 36.8. The smallest absolute Gasteiger partial charge is 0.0858 e. The molecule has 4 aliphatic rings. The SMILES string of the molecule is OC(c1ccccc1)C1(CNC2C3CCOC3C23CCC3)CC1. The van der Waals surface area contributed by atoms with Crippen molar-refractivity contribution in [2.75, 3.05) is 13.2 Å². The topological polar surface area (TPSA) is 41.5 Å². The van der Waals surface area contributed by atoms with Gasteiger partial charge < -0.3 is 15.2 Å². The van der Waals surface area contributed by atoms with Crippen molar-refractivity contribution in [3.63, 3.8) is 0 Å². The highest BCUT2D eigenvalue weighted by molar-refractivity contribution is 5.23. The summed E-state index contributed by atoms with van der Waals surface area (Å²) in [6, 6.07) is 10.8. The molecule has 4 unspecified atom stereocenters. The number of aliphatic hydroxyl groups is 1. The zero-order chi connectivity index (χ0) is 15.5. The molecule has 3 nitrogen and oxygen atoms in total. The Morgan fingerprint density at radius 2 is 1.96 bits per heavy atom. The zero-order valence-electron chi connectivity index (χ0n) is 13.7. The summed E-state index contributed by atoms with van der Waals surface area (Å²) < 4.78 is 6.01. The monoisotopic (exact) mass is 313 g/mol. The summed E-state index contributed by atoms with van der Waals surface area (Å²) in [5.74, 6) is 0.722. The van der Waals surface area contributed by atoms with Gasteiger partial charge in [-0.2, -0.15) is 0 Å². The summed E-state index contributed by atoms with van der Waals surface area (Å²) in [6.45, 7) is 1.91. The van der Waals surface area contributed by atoms with Gasteiger partial charge in [0, 0.05) is 35.9 Å². The fourth-order valence-electron chi connectivity index (χ4n) is 5.57. The average Bonchev–Trinajstić information content (AvgIpc) is 3.21. The van der Waals surface area contributed by atoms with Crippen molar-refractivity contribution in [1.82, 2.24) is 5.32 Å². The van der Waals surface area contributed by atoms with Crippen LogP contribution in [0.1, 0.15) is 50.2 Å². The minimum absolute atomic E-state index is 0.0663. The Morgan fingerprint density at radius 1 is 1.17 bits per heavy atom. The first-order chi connectivity index (χ1) is 11.3. The molecule has 1 spiro atoms. The third-order valence-electron chi connectivity index (χ3n) is 7.30. The molecule has 0 bridgehead atoms. The lowest BCUT2D eigenvalue weighted by Gasteiger charge is -2.63. The molecule has 4 atom stereocenters. The second-order valence-electron chi connectivity index (χ2n) is 8.36. The van der Waals surface area contributed by atoms with E-state index in [0.29, 0.717) is 17.6 Å². The zero-order valence-corrected chi connectivity index (χ0v) is 13.7. The number of ether oxygens (including phenoxy) is 1. The Hall–Kier alpha value is -0.900. The van der Waals surface area contributed by atoms with Crippen LogP contribution in [-0.2, 0) is 4.74 Å². The van der Waals surface area contributed by atoms with E-state index in [2.05, 4.69) is 17.4 Å². The van der Waals surface area contributed by atoms with Crippen molar-refractivity contribution >= 4 is 0 Å². The standard InChI is InChI=1S/C20H27NO2/c22-17(14-5-2-1-3-6-14)19(10-11-19)13-21-16-15-7-12-23-18(15)20(16)8-4-9-20/h1-3,5-6,15-18,21-22H,4,7-13H2. The molecule has 0 radical (unpaired) electrons. The lowest BCUT2D eigenvalue weighted by atomic mass is 9.46. The molecule has 1 heterocycles. The fourth-order valence-corrected chi connectivity index (χ4v) is 5.57. The van der Waals surface area contributed by atoms with Gasteiger partial charge in [0.15, 0.2) is 0 Å². The molecule has 23 heavy (non-hydrogen) atoms. The van der Waals surface area contributed by atoms with Crippen LogP contribution in [0.3, 0.4) is 0 Å². The van der Waals surface area contributed by atoms with Gasteiger partial charge in [0.05, 0.1) is 12.2 Å². The summed E-state index contributed by atoms with van der Waals surface area (Å²) in [7, 11) is 0. The second-order valence-corrected chi connectivity index (χ2v) is 8.36. The molecule has 5 rings (SSSR count). The highest BCUT2D eigenvalue weighted by Crippen LogP contribution is 2.63. The molecule has 2 N–H and O–H groups in total. The Kier molecular flexibility index (Phi) is 3.17. The Bertz CT molecular complexity index is 579. The van der Waals surface area contributed by atoms with Crippen molar-refractivity contribution in [1.29, 1.82) is 0 Å². The number of aliphatic hydroxyl groups excluding tert-OH is 1. The van der Waals surface area contributed by atoms with Crippen molar-refractivity contribution in [2.24, 2.45) is 16.7 Å². The second kappa shape index (κ2) is 5.05. The summed E-state index contributed by atoms with van der Waals surface area (Å²) in [5.41, 5.74) is 1.58. The van der Waals surface area contributed by atoms with Gasteiger partial charge in [-0.3, -0.25) is 0 Å². The van der Waals surface area contributed by atoms with E-state index in [4.69, 9.17) is 4.74 Å². The number of rotatable bonds is 5. The van der Waals surface area contributed by atoms with Crippen LogP contribution in [0.2, 0.25) is 0 Å². The van der Waals surface area contributed by atoms with Crippen LogP contribution < -0.4 is 5.32 Å². The Morgan fingerprint density at radius 3 is 2.61 bits per heavy atom. The summed E-state index contributed by atoms with van der Waals surface area (Å²) in [4.78, 5) is 0. The number of benzene rings is 1. The number of hydrogen-bond acceptors (Lipinski definition) is 3. The van der Waals surface area contributed by atoms with Gasteiger partial charge in [0.1, 0.15) is 0 Å². The molecule has 0 aromatic heterocycles. The van der Waals surface area contributed by atoms with Crippen molar-refractivity contribution in [3.8, 4) is 0 Å². The molecule has 3 saturated carbocycles. The van der Waals surface area contributed by atoms with Crippen LogP contribution in [0.4, 0.5) is 0 Å². The van der Waals surface area contributed by atoms with Crippen molar-refractivity contribution in [2.45, 2.75) is 56.8 Å². The van der Waals surface area contributed by atoms with Gasteiger partial charge in [-0.15, -0.1) is 0 Å². The largest absolute Gasteiger partial charge is 0.388 e. The Balaban J connectivity index is 1.27. The van der Waals surface area contributed by atoms with E-state index in [1.54, 1.807) is 0 Å². The van der Waals surface area contributed by atoms with E-state index < -0.39 is 0 Å². The molecule has 124 valence electrons. The molecule has 3 heteroatoms. The third kappa shape index (κ3) is 2.00. The van der Waals surface area contributed by atoms with Crippen LogP contribution in [-0.4, -0.2) is 30.4 Å².